The van der Waals surface area contributed by atoms with Gasteiger partial charge in [-0.15, -0.1) is 0 Å². The average Bonchev–Trinajstić information content (AvgIpc) is 2.97. The van der Waals surface area contributed by atoms with Crippen LogP contribution in [0.3, 0.4) is 0 Å². The normalized spacial score (nSPS) is 26.1. The highest BCUT2D eigenvalue weighted by molar-refractivity contribution is 6.02. The molecule has 2 atom stereocenters. The molecule has 0 radical (unpaired) electrons. The molecule has 6 heteroatoms. The molecule has 0 aromatic carbocycles. The summed E-state index contributed by atoms with van der Waals surface area (Å²) in [5.74, 6) is -1.29. The molecule has 2 rings (SSSR count). The number of aliphatic carboxylic acids is 1. The quantitative estimate of drug-likeness (QED) is 0.577. The van der Waals surface area contributed by atoms with Crippen LogP contribution in [0.15, 0.2) is 12.2 Å². The van der Waals surface area contributed by atoms with E-state index >= 15 is 0 Å². The number of carbonyl (C=O) groups excluding carboxylic acids is 1. The highest BCUT2D eigenvalue weighted by Gasteiger charge is 2.49. The molecule has 0 bridgehead atoms. The van der Waals surface area contributed by atoms with Crippen molar-refractivity contribution in [3.63, 3.8) is 0 Å². The standard InChI is InChI=1S/C16H26N2O4/c1-3-13-11-18(9-8-17(13)10-12(2)19)14(20)16(15(21)22)6-4-5-7-16/h4-5,12-13,19H,3,6-11H2,1-2H3,(H,21,22). The Morgan fingerprint density at radius 1 is 1.32 bits per heavy atom. The fraction of sp³-hybridized carbons (Fsp3) is 0.750. The van der Waals surface area contributed by atoms with Gasteiger partial charge in [-0.05, 0) is 26.2 Å². The molecule has 1 amide bonds. The Hall–Kier alpha value is -1.40. The number of rotatable bonds is 5. The number of aliphatic hydroxyl groups excluding tert-OH is 1. The molecule has 1 heterocycles. The number of aliphatic hydroxyl groups is 1. The molecule has 1 saturated heterocycles. The van der Waals surface area contributed by atoms with E-state index in [9.17, 15) is 19.8 Å². The molecular weight excluding hydrogens is 284 g/mol. The summed E-state index contributed by atoms with van der Waals surface area (Å²) < 4.78 is 0. The number of hydrogen-bond donors (Lipinski definition) is 2. The number of allylic oxidation sites excluding steroid dienone is 2. The van der Waals surface area contributed by atoms with Crippen LogP contribution in [0, 0.1) is 5.41 Å². The zero-order valence-electron chi connectivity index (χ0n) is 13.4. The van der Waals surface area contributed by atoms with Gasteiger partial charge >= 0.3 is 5.97 Å². The van der Waals surface area contributed by atoms with Crippen molar-refractivity contribution in [1.29, 1.82) is 0 Å². The summed E-state index contributed by atoms with van der Waals surface area (Å²) in [4.78, 5) is 28.3. The summed E-state index contributed by atoms with van der Waals surface area (Å²) in [5, 5.41) is 19.1. The van der Waals surface area contributed by atoms with Crippen LogP contribution >= 0.6 is 0 Å². The van der Waals surface area contributed by atoms with Gasteiger partial charge in [-0.2, -0.15) is 0 Å². The van der Waals surface area contributed by atoms with E-state index in [0.717, 1.165) is 6.42 Å². The Balaban J connectivity index is 2.07. The first kappa shape index (κ1) is 17.0. The molecule has 22 heavy (non-hydrogen) atoms. The van der Waals surface area contributed by atoms with E-state index in [-0.39, 0.29) is 24.8 Å². The van der Waals surface area contributed by atoms with Gasteiger partial charge < -0.3 is 15.1 Å². The second kappa shape index (κ2) is 6.79. The van der Waals surface area contributed by atoms with Gasteiger partial charge in [0.1, 0.15) is 0 Å². The molecular formula is C16H26N2O4. The largest absolute Gasteiger partial charge is 0.480 e. The summed E-state index contributed by atoms with van der Waals surface area (Å²) in [6.07, 6.45) is 4.60. The first-order chi connectivity index (χ1) is 10.4. The van der Waals surface area contributed by atoms with Crippen molar-refractivity contribution < 1.29 is 19.8 Å². The van der Waals surface area contributed by atoms with E-state index in [0.29, 0.717) is 26.2 Å². The molecule has 1 aliphatic carbocycles. The predicted octanol–water partition coefficient (Wildman–Crippen LogP) is 0.711. The first-order valence-corrected chi connectivity index (χ1v) is 8.00. The average molecular weight is 310 g/mol. The molecule has 0 aromatic rings. The molecule has 2 N–H and O–H groups in total. The van der Waals surface area contributed by atoms with Gasteiger partial charge in [0.15, 0.2) is 5.41 Å². The minimum Gasteiger partial charge on any atom is -0.480 e. The third kappa shape index (κ3) is 3.17. The minimum absolute atomic E-state index is 0.174. The van der Waals surface area contributed by atoms with Crippen molar-refractivity contribution in [2.45, 2.75) is 45.3 Å². The lowest BCUT2D eigenvalue weighted by Crippen LogP contribution is -2.59. The molecule has 0 saturated carbocycles. The number of hydrogen-bond acceptors (Lipinski definition) is 4. The van der Waals surface area contributed by atoms with Crippen molar-refractivity contribution in [2.75, 3.05) is 26.2 Å². The molecule has 0 spiro atoms. The zero-order valence-corrected chi connectivity index (χ0v) is 13.4. The SMILES string of the molecule is CCC1CN(C(=O)C2(C(=O)O)CC=CC2)CCN1CC(C)O. The lowest BCUT2D eigenvalue weighted by atomic mass is 9.83. The zero-order chi connectivity index (χ0) is 16.3. The number of carboxylic acid groups (broad SMARTS) is 1. The Bertz CT molecular complexity index is 453. The maximum absolute atomic E-state index is 12.8. The van der Waals surface area contributed by atoms with E-state index in [4.69, 9.17) is 0 Å². The number of piperazine rings is 1. The monoisotopic (exact) mass is 310 g/mol. The number of β-amino-alcohol motifs (C(OH)–C–C–N with tert-alkyl or cyclic N) is 1. The van der Waals surface area contributed by atoms with Crippen LogP contribution in [-0.4, -0.2) is 70.2 Å². The molecule has 2 unspecified atom stereocenters. The fourth-order valence-corrected chi connectivity index (χ4v) is 3.44. The molecule has 0 aromatic heterocycles. The van der Waals surface area contributed by atoms with Crippen molar-refractivity contribution >= 4 is 11.9 Å². The van der Waals surface area contributed by atoms with Crippen LogP contribution in [0.1, 0.15) is 33.1 Å². The van der Waals surface area contributed by atoms with E-state index in [1.165, 1.54) is 0 Å². The maximum Gasteiger partial charge on any atom is 0.319 e. The topological polar surface area (TPSA) is 81.1 Å². The third-order valence-electron chi connectivity index (χ3n) is 4.78. The molecule has 1 aliphatic heterocycles. The van der Waals surface area contributed by atoms with E-state index < -0.39 is 17.5 Å². The van der Waals surface area contributed by atoms with Crippen molar-refractivity contribution in [1.82, 2.24) is 9.80 Å². The second-order valence-electron chi connectivity index (χ2n) is 6.42. The number of nitrogens with zero attached hydrogens (tertiary/aromatic N) is 2. The van der Waals surface area contributed by atoms with E-state index in [2.05, 4.69) is 11.8 Å². The van der Waals surface area contributed by atoms with Crippen LogP contribution in [0.2, 0.25) is 0 Å². The first-order valence-electron chi connectivity index (χ1n) is 8.00. The third-order valence-corrected chi connectivity index (χ3v) is 4.78. The van der Waals surface area contributed by atoms with Gasteiger partial charge in [0.25, 0.3) is 0 Å². The Kier molecular flexibility index (Phi) is 5.24. The van der Waals surface area contributed by atoms with Crippen molar-refractivity contribution in [3.05, 3.63) is 12.2 Å². The lowest BCUT2D eigenvalue weighted by molar-refractivity contribution is -0.161. The lowest BCUT2D eigenvalue weighted by Gasteiger charge is -2.43. The van der Waals surface area contributed by atoms with Crippen LogP contribution in [0.5, 0.6) is 0 Å². The smallest absolute Gasteiger partial charge is 0.319 e. The number of carbonyl (C=O) groups is 2. The summed E-state index contributed by atoms with van der Waals surface area (Å²) in [6.45, 7) is 6.14. The van der Waals surface area contributed by atoms with Crippen molar-refractivity contribution in [2.24, 2.45) is 5.41 Å². The van der Waals surface area contributed by atoms with Gasteiger partial charge in [0, 0.05) is 32.2 Å². The fourth-order valence-electron chi connectivity index (χ4n) is 3.44. The molecule has 1 fully saturated rings. The van der Waals surface area contributed by atoms with Crippen LogP contribution in [-0.2, 0) is 9.59 Å². The Morgan fingerprint density at radius 2 is 1.95 bits per heavy atom. The number of carboxylic acids is 1. The predicted molar refractivity (Wildman–Crippen MR) is 82.4 cm³/mol. The molecule has 2 aliphatic rings. The molecule has 124 valence electrons. The highest BCUT2D eigenvalue weighted by Crippen LogP contribution is 2.36. The Morgan fingerprint density at radius 3 is 2.45 bits per heavy atom. The molecule has 6 nitrogen and oxygen atoms in total. The van der Waals surface area contributed by atoms with Crippen LogP contribution in [0.4, 0.5) is 0 Å². The minimum atomic E-state index is -1.30. The Labute approximate surface area is 131 Å². The van der Waals surface area contributed by atoms with Gasteiger partial charge in [0.05, 0.1) is 6.10 Å². The van der Waals surface area contributed by atoms with E-state index in [1.54, 1.807) is 24.0 Å². The summed E-state index contributed by atoms with van der Waals surface area (Å²) >= 11 is 0. The summed E-state index contributed by atoms with van der Waals surface area (Å²) in [6, 6.07) is 0.174. The summed E-state index contributed by atoms with van der Waals surface area (Å²) in [5.41, 5.74) is -1.30. The highest BCUT2D eigenvalue weighted by atomic mass is 16.4. The van der Waals surface area contributed by atoms with E-state index in [1.807, 2.05) is 0 Å². The van der Waals surface area contributed by atoms with Gasteiger partial charge in [0.2, 0.25) is 5.91 Å². The van der Waals surface area contributed by atoms with Gasteiger partial charge in [-0.1, -0.05) is 19.1 Å². The van der Waals surface area contributed by atoms with Gasteiger partial charge in [-0.25, -0.2) is 0 Å². The van der Waals surface area contributed by atoms with Gasteiger partial charge in [-0.3, -0.25) is 14.5 Å². The second-order valence-corrected chi connectivity index (χ2v) is 6.42. The van der Waals surface area contributed by atoms with Crippen molar-refractivity contribution in [3.8, 4) is 0 Å². The van der Waals surface area contributed by atoms with Crippen LogP contribution < -0.4 is 0 Å². The summed E-state index contributed by atoms with van der Waals surface area (Å²) in [7, 11) is 0. The number of amides is 1. The maximum atomic E-state index is 12.8. The van der Waals surface area contributed by atoms with Crippen LogP contribution in [0.25, 0.3) is 0 Å².